The zero-order valence-corrected chi connectivity index (χ0v) is 13.8. The summed E-state index contributed by atoms with van der Waals surface area (Å²) in [5.41, 5.74) is 1.12. The average Bonchev–Trinajstić information content (AvgIpc) is 3.08. The molecule has 24 heavy (non-hydrogen) atoms. The van der Waals surface area contributed by atoms with E-state index in [1.165, 1.54) is 6.26 Å². The maximum atomic E-state index is 12.4. The lowest BCUT2D eigenvalue weighted by atomic mass is 10.0. The molecule has 3 rings (SSSR count). The number of piperidine rings is 1. The molecule has 0 aromatic carbocycles. The summed E-state index contributed by atoms with van der Waals surface area (Å²) in [4.78, 5) is 34.8. The summed E-state index contributed by atoms with van der Waals surface area (Å²) < 4.78 is 5.17. The third-order valence-electron chi connectivity index (χ3n) is 4.12. The summed E-state index contributed by atoms with van der Waals surface area (Å²) >= 11 is 0. The van der Waals surface area contributed by atoms with Gasteiger partial charge in [-0.1, -0.05) is 0 Å². The summed E-state index contributed by atoms with van der Waals surface area (Å²) in [5, 5.41) is 2.98. The highest BCUT2D eigenvalue weighted by molar-refractivity contribution is 5.95. The van der Waals surface area contributed by atoms with Crippen molar-refractivity contribution in [3.63, 3.8) is 0 Å². The first-order chi connectivity index (χ1) is 11.5. The fourth-order valence-electron chi connectivity index (χ4n) is 2.90. The van der Waals surface area contributed by atoms with Gasteiger partial charge in [0, 0.05) is 25.3 Å². The maximum Gasteiger partial charge on any atom is 0.289 e. The molecule has 1 saturated heterocycles. The molecule has 1 N–H and O–H groups in total. The predicted octanol–water partition coefficient (Wildman–Crippen LogP) is 1.72. The van der Waals surface area contributed by atoms with Gasteiger partial charge in [0.2, 0.25) is 0 Å². The number of carbonyl (C=O) groups is 2. The van der Waals surface area contributed by atoms with Gasteiger partial charge in [-0.15, -0.1) is 0 Å². The largest absolute Gasteiger partial charge is 0.459 e. The molecule has 0 saturated carbocycles. The number of nitrogens with zero attached hydrogens (tertiary/aromatic N) is 3. The minimum atomic E-state index is -0.204. The Bertz CT molecular complexity index is 742. The summed E-state index contributed by atoms with van der Waals surface area (Å²) in [6.45, 7) is 4.71. The number of likely N-dealkylation sites (tertiary alicyclic amines) is 1. The molecule has 3 heterocycles. The van der Waals surface area contributed by atoms with Crippen LogP contribution in [0.1, 0.15) is 45.3 Å². The molecule has 0 unspecified atom stereocenters. The molecule has 2 aromatic heterocycles. The number of amides is 2. The van der Waals surface area contributed by atoms with Crippen molar-refractivity contribution in [1.29, 1.82) is 0 Å². The zero-order valence-electron chi connectivity index (χ0n) is 13.8. The van der Waals surface area contributed by atoms with Crippen LogP contribution in [-0.2, 0) is 0 Å². The highest BCUT2D eigenvalue weighted by atomic mass is 16.3. The summed E-state index contributed by atoms with van der Waals surface area (Å²) in [7, 11) is 0. The van der Waals surface area contributed by atoms with Gasteiger partial charge < -0.3 is 14.6 Å². The predicted molar refractivity (Wildman–Crippen MR) is 86.6 cm³/mol. The van der Waals surface area contributed by atoms with E-state index < -0.39 is 0 Å². The second-order valence-corrected chi connectivity index (χ2v) is 5.96. The topological polar surface area (TPSA) is 88.3 Å². The molecule has 1 aliphatic rings. The molecule has 0 radical (unpaired) electrons. The van der Waals surface area contributed by atoms with Crippen LogP contribution in [0.25, 0.3) is 0 Å². The quantitative estimate of drug-likeness (QED) is 0.927. The van der Waals surface area contributed by atoms with Crippen LogP contribution < -0.4 is 5.32 Å². The molecule has 7 heteroatoms. The zero-order chi connectivity index (χ0) is 17.1. The lowest BCUT2D eigenvalue weighted by Crippen LogP contribution is -2.49. The van der Waals surface area contributed by atoms with Gasteiger partial charge in [0.25, 0.3) is 11.8 Å². The molecule has 1 fully saturated rings. The van der Waals surface area contributed by atoms with Gasteiger partial charge in [-0.3, -0.25) is 9.59 Å². The van der Waals surface area contributed by atoms with Crippen molar-refractivity contribution in [1.82, 2.24) is 20.2 Å². The fourth-order valence-corrected chi connectivity index (χ4v) is 2.90. The van der Waals surface area contributed by atoms with Crippen LogP contribution in [0.2, 0.25) is 0 Å². The summed E-state index contributed by atoms with van der Waals surface area (Å²) in [6.07, 6.45) is 4.69. The van der Waals surface area contributed by atoms with Crippen LogP contribution in [0, 0.1) is 13.8 Å². The number of hydrogen-bond acceptors (Lipinski definition) is 5. The van der Waals surface area contributed by atoms with Crippen molar-refractivity contribution in [2.24, 2.45) is 0 Å². The third kappa shape index (κ3) is 3.45. The number of carbonyl (C=O) groups excluding carboxylic acids is 2. The lowest BCUT2D eigenvalue weighted by Gasteiger charge is -2.32. The highest BCUT2D eigenvalue weighted by Gasteiger charge is 2.27. The fraction of sp³-hybridized carbons (Fsp3) is 0.412. The Kier molecular flexibility index (Phi) is 4.59. The van der Waals surface area contributed by atoms with Gasteiger partial charge in [0.15, 0.2) is 5.76 Å². The van der Waals surface area contributed by atoms with E-state index in [0.29, 0.717) is 35.9 Å². The van der Waals surface area contributed by atoms with Crippen LogP contribution >= 0.6 is 0 Å². The molecule has 2 aromatic rings. The Balaban J connectivity index is 1.65. The van der Waals surface area contributed by atoms with Crippen molar-refractivity contribution in [2.45, 2.75) is 32.7 Å². The van der Waals surface area contributed by atoms with Crippen LogP contribution in [0.5, 0.6) is 0 Å². The number of rotatable bonds is 3. The van der Waals surface area contributed by atoms with Crippen LogP contribution in [0.4, 0.5) is 0 Å². The SMILES string of the molecule is Cc1ncc(C(=O)N[C@@H]2CCCN(C(=O)c3ccco3)C2)c(C)n1. The number of hydrogen-bond donors (Lipinski definition) is 1. The van der Waals surface area contributed by atoms with Crippen LogP contribution in [0.3, 0.4) is 0 Å². The Morgan fingerprint density at radius 3 is 2.92 bits per heavy atom. The minimum absolute atomic E-state index is 0.0918. The molecule has 2 amide bonds. The molecular weight excluding hydrogens is 308 g/mol. The second kappa shape index (κ2) is 6.82. The van der Waals surface area contributed by atoms with Crippen molar-refractivity contribution in [2.75, 3.05) is 13.1 Å². The van der Waals surface area contributed by atoms with E-state index in [1.807, 2.05) is 0 Å². The molecular formula is C17H20N4O3. The van der Waals surface area contributed by atoms with Gasteiger partial charge >= 0.3 is 0 Å². The van der Waals surface area contributed by atoms with Crippen molar-refractivity contribution < 1.29 is 14.0 Å². The maximum absolute atomic E-state index is 12.4. The third-order valence-corrected chi connectivity index (χ3v) is 4.12. The van der Waals surface area contributed by atoms with Crippen LogP contribution in [0.15, 0.2) is 29.0 Å². The van der Waals surface area contributed by atoms with Crippen molar-refractivity contribution in [3.05, 3.63) is 47.4 Å². The highest BCUT2D eigenvalue weighted by Crippen LogP contribution is 2.15. The lowest BCUT2D eigenvalue weighted by molar-refractivity contribution is 0.0646. The van der Waals surface area contributed by atoms with Gasteiger partial charge in [-0.25, -0.2) is 9.97 Å². The Labute approximate surface area is 140 Å². The van der Waals surface area contributed by atoms with Crippen molar-refractivity contribution in [3.8, 4) is 0 Å². The standard InChI is InChI=1S/C17H20N4O3/c1-11-14(9-18-12(2)19-11)16(22)20-13-5-3-7-21(10-13)17(23)15-6-4-8-24-15/h4,6,8-9,13H,3,5,7,10H2,1-2H3,(H,20,22)/t13-/m1/s1. The summed E-state index contributed by atoms with van der Waals surface area (Å²) in [6, 6.07) is 3.25. The molecule has 0 spiro atoms. The first-order valence-corrected chi connectivity index (χ1v) is 7.98. The minimum Gasteiger partial charge on any atom is -0.459 e. The van der Waals surface area contributed by atoms with Crippen molar-refractivity contribution >= 4 is 11.8 Å². The van der Waals surface area contributed by atoms with Gasteiger partial charge in [-0.2, -0.15) is 0 Å². The van der Waals surface area contributed by atoms with E-state index in [4.69, 9.17) is 4.42 Å². The normalized spacial score (nSPS) is 17.6. The second-order valence-electron chi connectivity index (χ2n) is 5.96. The monoisotopic (exact) mass is 328 g/mol. The van der Waals surface area contributed by atoms with E-state index in [9.17, 15) is 9.59 Å². The van der Waals surface area contributed by atoms with Gasteiger partial charge in [0.05, 0.1) is 17.5 Å². The molecule has 7 nitrogen and oxygen atoms in total. The molecule has 0 aliphatic carbocycles. The van der Waals surface area contributed by atoms with Gasteiger partial charge in [0.1, 0.15) is 5.82 Å². The van der Waals surface area contributed by atoms with E-state index in [-0.39, 0.29) is 17.9 Å². The van der Waals surface area contributed by atoms with E-state index in [0.717, 1.165) is 12.8 Å². The first kappa shape index (κ1) is 16.2. The number of nitrogens with one attached hydrogen (secondary N) is 1. The van der Waals surface area contributed by atoms with E-state index >= 15 is 0 Å². The number of aromatic nitrogens is 2. The van der Waals surface area contributed by atoms with Gasteiger partial charge in [-0.05, 0) is 38.8 Å². The number of furan rings is 1. The molecule has 1 atom stereocenters. The smallest absolute Gasteiger partial charge is 0.289 e. The first-order valence-electron chi connectivity index (χ1n) is 7.98. The Morgan fingerprint density at radius 1 is 1.38 bits per heavy atom. The average molecular weight is 328 g/mol. The molecule has 0 bridgehead atoms. The molecule has 1 aliphatic heterocycles. The Hall–Kier alpha value is -2.70. The summed E-state index contributed by atoms with van der Waals surface area (Å²) in [5.74, 6) is 0.611. The van der Waals surface area contributed by atoms with Crippen LogP contribution in [-0.4, -0.2) is 45.8 Å². The number of aryl methyl sites for hydroxylation is 2. The van der Waals surface area contributed by atoms with E-state index in [2.05, 4.69) is 15.3 Å². The Morgan fingerprint density at radius 2 is 2.21 bits per heavy atom. The van der Waals surface area contributed by atoms with E-state index in [1.54, 1.807) is 37.1 Å². The molecule has 126 valence electrons.